The van der Waals surface area contributed by atoms with Crippen molar-refractivity contribution in [3.63, 3.8) is 0 Å². The minimum atomic E-state index is -6.31. The summed E-state index contributed by atoms with van der Waals surface area (Å²) in [5.41, 5.74) is -9.99. The van der Waals surface area contributed by atoms with Gasteiger partial charge >= 0.3 is 23.7 Å². The number of hydrogen-bond donors (Lipinski definition) is 1. The van der Waals surface area contributed by atoms with Crippen LogP contribution in [0, 0.1) is 22.9 Å². The first kappa shape index (κ1) is 23.0. The highest BCUT2D eigenvalue weighted by Crippen LogP contribution is 2.53. The Labute approximate surface area is 162 Å². The molecule has 5 nitrogen and oxygen atoms in total. The summed E-state index contributed by atoms with van der Waals surface area (Å²) in [4.78, 5) is 21.8. The van der Waals surface area contributed by atoms with Gasteiger partial charge in [0.15, 0.2) is 0 Å². The molecule has 0 heterocycles. The number of nitro benzene ring substituents is 1. The number of benzene rings is 2. The highest BCUT2D eigenvalue weighted by Gasteiger charge is 2.73. The smallest absolute Gasteiger partial charge is 0.322 e. The second-order valence-electron chi connectivity index (χ2n) is 6.03. The summed E-state index contributed by atoms with van der Waals surface area (Å²) < 4.78 is 105. The normalized spacial score (nSPS) is 12.6. The van der Waals surface area contributed by atoms with Crippen LogP contribution < -0.4 is 5.32 Å². The maximum Gasteiger partial charge on any atom is 0.435 e. The van der Waals surface area contributed by atoms with E-state index < -0.39 is 57.0 Å². The number of nitrogens with one attached hydrogen (secondary N) is 1. The van der Waals surface area contributed by atoms with E-state index in [1.165, 1.54) is 0 Å². The maximum atomic E-state index is 14.1. The van der Waals surface area contributed by atoms with Crippen LogP contribution in [0.5, 0.6) is 0 Å². The number of nitro groups is 1. The molecule has 0 aromatic heterocycles. The topological polar surface area (TPSA) is 72.2 Å². The first-order valence-electron chi connectivity index (χ1n) is 7.79. The Kier molecular flexibility index (Phi) is 5.79. The van der Waals surface area contributed by atoms with Gasteiger partial charge in [-0.3, -0.25) is 14.9 Å². The maximum absolute atomic E-state index is 14.1. The number of aryl methyl sites for hydroxylation is 1. The zero-order valence-corrected chi connectivity index (χ0v) is 14.7. The lowest BCUT2D eigenvalue weighted by atomic mass is 9.92. The molecule has 13 heteroatoms. The third-order valence-corrected chi connectivity index (χ3v) is 4.07. The predicted molar refractivity (Wildman–Crippen MR) is 87.1 cm³/mol. The van der Waals surface area contributed by atoms with Gasteiger partial charge in [-0.2, -0.15) is 30.7 Å². The molecule has 0 unspecified atom stereocenters. The van der Waals surface area contributed by atoms with E-state index in [9.17, 15) is 50.0 Å². The summed E-state index contributed by atoms with van der Waals surface area (Å²) in [7, 11) is 0. The number of hydrogen-bond acceptors (Lipinski definition) is 3. The van der Waals surface area contributed by atoms with Gasteiger partial charge < -0.3 is 5.32 Å². The van der Waals surface area contributed by atoms with Crippen LogP contribution in [0.25, 0.3) is 0 Å². The second-order valence-corrected chi connectivity index (χ2v) is 6.03. The van der Waals surface area contributed by atoms with E-state index in [1.807, 2.05) is 5.32 Å². The molecule has 2 rings (SSSR count). The molecule has 1 amide bonds. The molecule has 0 aliphatic carbocycles. The molecule has 0 saturated heterocycles. The van der Waals surface area contributed by atoms with Gasteiger partial charge in [-0.25, -0.2) is 4.39 Å². The minimum Gasteiger partial charge on any atom is -0.322 e. The Hall–Kier alpha value is -3.25. The Balaban J connectivity index is 2.43. The van der Waals surface area contributed by atoms with E-state index >= 15 is 0 Å². The monoisotopic (exact) mass is 442 g/mol. The van der Waals surface area contributed by atoms with Gasteiger partial charge in [0.25, 0.3) is 5.91 Å². The number of nitrogens with zero attached hydrogens (tertiary/aromatic N) is 1. The molecule has 0 radical (unpaired) electrons. The number of halogens is 8. The Morgan fingerprint density at radius 3 is 2.03 bits per heavy atom. The van der Waals surface area contributed by atoms with Crippen molar-refractivity contribution in [1.29, 1.82) is 0 Å². The third-order valence-electron chi connectivity index (χ3n) is 4.07. The van der Waals surface area contributed by atoms with Gasteiger partial charge in [0.05, 0.1) is 10.5 Å². The first-order chi connectivity index (χ1) is 13.6. The van der Waals surface area contributed by atoms with E-state index in [0.29, 0.717) is 6.07 Å². The van der Waals surface area contributed by atoms with Crippen LogP contribution in [0.3, 0.4) is 0 Å². The molecule has 0 fully saturated rings. The zero-order chi connectivity index (χ0) is 23.1. The Morgan fingerprint density at radius 2 is 1.57 bits per heavy atom. The molecule has 0 bridgehead atoms. The van der Waals surface area contributed by atoms with Gasteiger partial charge in [-0.1, -0.05) is 18.2 Å². The summed E-state index contributed by atoms with van der Waals surface area (Å²) in [6, 6.07) is 3.64. The van der Waals surface area contributed by atoms with Crippen molar-refractivity contribution in [1.82, 2.24) is 0 Å². The Morgan fingerprint density at radius 1 is 1.00 bits per heavy atom. The number of alkyl halides is 7. The van der Waals surface area contributed by atoms with E-state index in [2.05, 4.69) is 0 Å². The number of amides is 1. The molecule has 30 heavy (non-hydrogen) atoms. The van der Waals surface area contributed by atoms with Crippen LogP contribution in [0.1, 0.15) is 21.5 Å². The van der Waals surface area contributed by atoms with E-state index in [1.54, 1.807) is 0 Å². The van der Waals surface area contributed by atoms with Crippen molar-refractivity contribution in [2.75, 3.05) is 5.32 Å². The minimum absolute atomic E-state index is 0.174. The largest absolute Gasteiger partial charge is 0.435 e. The van der Waals surface area contributed by atoms with Crippen LogP contribution in [0.15, 0.2) is 36.4 Å². The standard InChI is InChI=1S/C17H10F8N2O3/c1-8-7-9(15(19,16(20,21)22)17(23,24)25)5-6-11(8)26-14(28)10-3-2-4-12(13(10)18)27(29)30/h2-7H,1H3,(H,26,28). The van der Waals surface area contributed by atoms with Gasteiger partial charge in [0.1, 0.15) is 0 Å². The molecule has 2 aromatic carbocycles. The van der Waals surface area contributed by atoms with Gasteiger partial charge in [-0.15, -0.1) is 0 Å². The lowest BCUT2D eigenvalue weighted by Gasteiger charge is -2.30. The third kappa shape index (κ3) is 3.91. The number of carbonyl (C=O) groups is 1. The van der Waals surface area contributed by atoms with E-state index in [-0.39, 0.29) is 17.8 Å². The van der Waals surface area contributed by atoms with E-state index in [4.69, 9.17) is 0 Å². The predicted octanol–water partition coefficient (Wildman–Crippen LogP) is 5.58. The lowest BCUT2D eigenvalue weighted by molar-refractivity contribution is -0.387. The van der Waals surface area contributed by atoms with Crippen LogP contribution in [-0.2, 0) is 5.67 Å². The molecule has 0 aliphatic heterocycles. The molecule has 0 atom stereocenters. The van der Waals surface area contributed by atoms with Crippen molar-refractivity contribution in [3.05, 3.63) is 69.0 Å². The average molecular weight is 442 g/mol. The highest BCUT2D eigenvalue weighted by atomic mass is 19.4. The van der Waals surface area contributed by atoms with Crippen LogP contribution >= 0.6 is 0 Å². The van der Waals surface area contributed by atoms with Crippen molar-refractivity contribution in [3.8, 4) is 0 Å². The quantitative estimate of drug-likeness (QED) is 0.382. The molecule has 1 N–H and O–H groups in total. The van der Waals surface area contributed by atoms with Crippen molar-refractivity contribution in [2.45, 2.75) is 24.9 Å². The number of rotatable bonds is 4. The van der Waals surface area contributed by atoms with Crippen LogP contribution in [-0.4, -0.2) is 23.2 Å². The molecule has 162 valence electrons. The first-order valence-corrected chi connectivity index (χ1v) is 7.79. The van der Waals surface area contributed by atoms with Crippen LogP contribution in [0.4, 0.5) is 46.5 Å². The fourth-order valence-corrected chi connectivity index (χ4v) is 2.53. The molecular formula is C17H10F8N2O3. The SMILES string of the molecule is Cc1cc(C(F)(C(F)(F)F)C(F)(F)F)ccc1NC(=O)c1cccc([N+](=O)[O-])c1F. The van der Waals surface area contributed by atoms with Crippen LogP contribution in [0.2, 0.25) is 0 Å². The molecule has 2 aromatic rings. The summed E-state index contributed by atoms with van der Waals surface area (Å²) in [5.74, 6) is -2.75. The van der Waals surface area contributed by atoms with Crippen molar-refractivity contribution >= 4 is 17.3 Å². The molecular weight excluding hydrogens is 432 g/mol. The lowest BCUT2D eigenvalue weighted by Crippen LogP contribution is -2.50. The summed E-state index contributed by atoms with van der Waals surface area (Å²) in [5, 5.41) is 12.7. The summed E-state index contributed by atoms with van der Waals surface area (Å²) >= 11 is 0. The van der Waals surface area contributed by atoms with Gasteiger partial charge in [-0.05, 0) is 24.6 Å². The average Bonchev–Trinajstić information content (AvgIpc) is 2.60. The number of anilines is 1. The van der Waals surface area contributed by atoms with Gasteiger partial charge in [0.2, 0.25) is 5.82 Å². The molecule has 0 aliphatic rings. The summed E-state index contributed by atoms with van der Waals surface area (Å²) in [6.07, 6.45) is -12.6. The zero-order valence-electron chi connectivity index (χ0n) is 14.7. The molecule has 0 saturated carbocycles. The summed E-state index contributed by atoms with van der Waals surface area (Å²) in [6.45, 7) is 0.982. The Bertz CT molecular complexity index is 987. The van der Waals surface area contributed by atoms with Crippen molar-refractivity contribution in [2.24, 2.45) is 0 Å². The van der Waals surface area contributed by atoms with E-state index in [0.717, 1.165) is 25.1 Å². The fourth-order valence-electron chi connectivity index (χ4n) is 2.53. The number of carbonyl (C=O) groups excluding carboxylic acids is 1. The fraction of sp³-hybridized carbons (Fsp3) is 0.235. The van der Waals surface area contributed by atoms with Crippen molar-refractivity contribution < 1.29 is 44.8 Å². The van der Waals surface area contributed by atoms with Gasteiger partial charge in [0, 0.05) is 17.3 Å². The highest BCUT2D eigenvalue weighted by molar-refractivity contribution is 6.05. The second kappa shape index (κ2) is 7.54. The molecule has 0 spiro atoms.